The van der Waals surface area contributed by atoms with Crippen molar-refractivity contribution in [2.75, 3.05) is 20.0 Å². The van der Waals surface area contributed by atoms with Gasteiger partial charge in [-0.3, -0.25) is 9.38 Å². The molecule has 0 saturated carbocycles. The Hall–Kier alpha value is -1.11. The molecule has 0 atom stereocenters. The largest absolute Gasteiger partial charge is 0.355 e. The highest BCUT2D eigenvalue weighted by molar-refractivity contribution is 7.99. The molecule has 0 aliphatic rings. The van der Waals surface area contributed by atoms with Gasteiger partial charge in [0, 0.05) is 26.6 Å². The average Bonchev–Trinajstić information content (AvgIpc) is 2.74. The van der Waals surface area contributed by atoms with E-state index in [1.807, 2.05) is 10.6 Å². The van der Waals surface area contributed by atoms with E-state index < -0.39 is 0 Å². The van der Waals surface area contributed by atoms with Gasteiger partial charge >= 0.3 is 0 Å². The summed E-state index contributed by atoms with van der Waals surface area (Å²) in [5.41, 5.74) is 0.983. The van der Waals surface area contributed by atoms with Crippen molar-refractivity contribution in [1.29, 1.82) is 0 Å². The van der Waals surface area contributed by atoms with E-state index in [0.29, 0.717) is 5.75 Å². The minimum absolute atomic E-state index is 0.209. The van der Waals surface area contributed by atoms with Crippen LogP contribution in [0.5, 0.6) is 0 Å². The number of hydrogen-bond donors (Lipinski definition) is 0. The van der Waals surface area contributed by atoms with Crippen molar-refractivity contribution in [3.05, 3.63) is 24.8 Å². The molecule has 0 N–H and O–H groups in total. The van der Waals surface area contributed by atoms with Crippen LogP contribution in [0.1, 0.15) is 0 Å². The molecule has 0 amide bonds. The van der Waals surface area contributed by atoms with Gasteiger partial charge in [-0.2, -0.15) is 0 Å². The molecular formula is C10H13N3O2S. The summed E-state index contributed by atoms with van der Waals surface area (Å²) in [6.07, 6.45) is 6.99. The summed E-state index contributed by atoms with van der Waals surface area (Å²) in [7, 11) is 3.25. The molecule has 6 heteroatoms. The first-order chi connectivity index (χ1) is 7.85. The lowest BCUT2D eigenvalue weighted by molar-refractivity contribution is -0.0842. The average molecular weight is 239 g/mol. The van der Waals surface area contributed by atoms with Crippen LogP contribution in [0.25, 0.3) is 5.52 Å². The Morgan fingerprint density at radius 1 is 1.38 bits per heavy atom. The van der Waals surface area contributed by atoms with Crippen molar-refractivity contribution >= 4 is 17.3 Å². The standard InChI is InChI=1S/C10H13N3O2S/c1-14-9(15-2)7-16-10-12-6-8-5-11-3-4-13(8)10/h3-6,9H,7H2,1-2H3. The maximum absolute atomic E-state index is 5.12. The Bertz CT molecular complexity index is 456. The van der Waals surface area contributed by atoms with Crippen LogP contribution < -0.4 is 0 Å². The van der Waals surface area contributed by atoms with Gasteiger partial charge in [-0.05, 0) is 0 Å². The van der Waals surface area contributed by atoms with Crippen molar-refractivity contribution in [1.82, 2.24) is 14.4 Å². The number of rotatable bonds is 5. The maximum atomic E-state index is 5.12. The van der Waals surface area contributed by atoms with Crippen LogP contribution >= 0.6 is 11.8 Å². The van der Waals surface area contributed by atoms with Crippen LogP contribution in [0.2, 0.25) is 0 Å². The molecule has 0 fully saturated rings. The summed E-state index contributed by atoms with van der Waals surface area (Å²) in [5.74, 6) is 0.703. The first-order valence-electron chi connectivity index (χ1n) is 4.80. The van der Waals surface area contributed by atoms with Crippen molar-refractivity contribution < 1.29 is 9.47 Å². The summed E-state index contributed by atoms with van der Waals surface area (Å²) in [6, 6.07) is 0. The van der Waals surface area contributed by atoms with E-state index in [1.165, 1.54) is 0 Å². The molecule has 2 aromatic heterocycles. The minimum Gasteiger partial charge on any atom is -0.355 e. The molecule has 2 aromatic rings. The Morgan fingerprint density at radius 2 is 2.19 bits per heavy atom. The van der Waals surface area contributed by atoms with Crippen molar-refractivity contribution in [2.24, 2.45) is 0 Å². The number of imidazole rings is 1. The maximum Gasteiger partial charge on any atom is 0.172 e. The monoisotopic (exact) mass is 239 g/mol. The van der Waals surface area contributed by atoms with Gasteiger partial charge in [0.05, 0.1) is 23.7 Å². The third kappa shape index (κ3) is 2.34. The first kappa shape index (κ1) is 11.4. The van der Waals surface area contributed by atoms with Crippen molar-refractivity contribution in [3.8, 4) is 0 Å². The minimum atomic E-state index is -0.209. The van der Waals surface area contributed by atoms with Crippen LogP contribution in [0.15, 0.2) is 29.9 Å². The summed E-state index contributed by atoms with van der Waals surface area (Å²) < 4.78 is 12.2. The lowest BCUT2D eigenvalue weighted by Gasteiger charge is -2.11. The number of fused-ring (bicyclic) bond motifs is 1. The van der Waals surface area contributed by atoms with Gasteiger partial charge in [0.15, 0.2) is 11.4 Å². The number of methoxy groups -OCH3 is 2. The molecule has 2 rings (SSSR count). The lowest BCUT2D eigenvalue weighted by Crippen LogP contribution is -2.15. The SMILES string of the molecule is COC(CSc1ncc2cnccn12)OC. The van der Waals surface area contributed by atoms with Crippen molar-refractivity contribution in [3.63, 3.8) is 0 Å². The van der Waals surface area contributed by atoms with Gasteiger partial charge in [0.2, 0.25) is 0 Å². The second kappa shape index (κ2) is 5.29. The molecule has 2 heterocycles. The Morgan fingerprint density at radius 3 is 2.94 bits per heavy atom. The van der Waals surface area contributed by atoms with Gasteiger partial charge in [-0.1, -0.05) is 11.8 Å². The molecule has 5 nitrogen and oxygen atoms in total. The highest BCUT2D eigenvalue weighted by atomic mass is 32.2. The Kier molecular flexibility index (Phi) is 3.76. The molecule has 0 radical (unpaired) electrons. The van der Waals surface area contributed by atoms with Crippen LogP contribution in [0, 0.1) is 0 Å². The Labute approximate surface area is 97.8 Å². The van der Waals surface area contributed by atoms with Crippen LogP contribution in [-0.2, 0) is 9.47 Å². The molecule has 0 aliphatic heterocycles. The lowest BCUT2D eigenvalue weighted by atomic mass is 10.6. The Balaban J connectivity index is 2.09. The number of ether oxygens (including phenoxy) is 2. The van der Waals surface area contributed by atoms with E-state index in [4.69, 9.17) is 9.47 Å². The van der Waals surface area contributed by atoms with Crippen LogP contribution in [-0.4, -0.2) is 40.6 Å². The fourth-order valence-corrected chi connectivity index (χ4v) is 2.30. The van der Waals surface area contributed by atoms with E-state index >= 15 is 0 Å². The number of nitrogens with zero attached hydrogens (tertiary/aromatic N) is 3. The second-order valence-corrected chi connectivity index (χ2v) is 4.11. The topological polar surface area (TPSA) is 48.7 Å². The molecule has 0 saturated heterocycles. The van der Waals surface area contributed by atoms with E-state index in [0.717, 1.165) is 10.7 Å². The van der Waals surface area contributed by atoms with E-state index in [1.54, 1.807) is 44.6 Å². The van der Waals surface area contributed by atoms with Crippen LogP contribution in [0.4, 0.5) is 0 Å². The van der Waals surface area contributed by atoms with Gasteiger partial charge in [0.1, 0.15) is 0 Å². The summed E-state index contributed by atoms with van der Waals surface area (Å²) >= 11 is 1.59. The third-order valence-corrected chi connectivity index (χ3v) is 3.17. The molecular weight excluding hydrogens is 226 g/mol. The zero-order chi connectivity index (χ0) is 11.4. The van der Waals surface area contributed by atoms with Gasteiger partial charge in [0.25, 0.3) is 0 Å². The molecule has 0 spiro atoms. The predicted octanol–water partition coefficient (Wildman–Crippen LogP) is 1.44. The predicted molar refractivity (Wildman–Crippen MR) is 61.5 cm³/mol. The normalized spacial score (nSPS) is 11.4. The van der Waals surface area contributed by atoms with Crippen molar-refractivity contribution in [2.45, 2.75) is 11.4 Å². The molecule has 0 aliphatic carbocycles. The van der Waals surface area contributed by atoms with Gasteiger partial charge in [-0.25, -0.2) is 4.98 Å². The summed E-state index contributed by atoms with van der Waals surface area (Å²) in [4.78, 5) is 8.34. The molecule has 16 heavy (non-hydrogen) atoms. The fraction of sp³-hybridized carbons (Fsp3) is 0.400. The zero-order valence-corrected chi connectivity index (χ0v) is 9.98. The highest BCUT2D eigenvalue weighted by Crippen LogP contribution is 2.19. The second-order valence-electron chi connectivity index (χ2n) is 3.12. The molecule has 0 bridgehead atoms. The number of aromatic nitrogens is 3. The van der Waals surface area contributed by atoms with Crippen LogP contribution in [0.3, 0.4) is 0 Å². The van der Waals surface area contributed by atoms with Gasteiger partial charge < -0.3 is 9.47 Å². The molecule has 86 valence electrons. The number of thioether (sulfide) groups is 1. The smallest absolute Gasteiger partial charge is 0.172 e. The van der Waals surface area contributed by atoms with Gasteiger partial charge in [-0.15, -0.1) is 0 Å². The van der Waals surface area contributed by atoms with E-state index in [9.17, 15) is 0 Å². The zero-order valence-electron chi connectivity index (χ0n) is 9.16. The third-order valence-electron chi connectivity index (χ3n) is 2.17. The van der Waals surface area contributed by atoms with E-state index in [2.05, 4.69) is 9.97 Å². The van der Waals surface area contributed by atoms with E-state index in [-0.39, 0.29) is 6.29 Å². The molecule has 0 unspecified atom stereocenters. The summed E-state index contributed by atoms with van der Waals surface area (Å²) in [5, 5.41) is 0.913. The first-order valence-corrected chi connectivity index (χ1v) is 5.79. The quantitative estimate of drug-likeness (QED) is 0.583. The highest BCUT2D eigenvalue weighted by Gasteiger charge is 2.09. The molecule has 0 aromatic carbocycles. The summed E-state index contributed by atoms with van der Waals surface area (Å²) in [6.45, 7) is 0. The number of hydrogen-bond acceptors (Lipinski definition) is 5. The fourth-order valence-electron chi connectivity index (χ4n) is 1.31.